The normalized spacial score (nSPS) is 22.4. The summed E-state index contributed by atoms with van der Waals surface area (Å²) in [5.74, 6) is 0.147. The summed E-state index contributed by atoms with van der Waals surface area (Å²) >= 11 is 0. The Morgan fingerprint density at radius 3 is 2.48 bits per heavy atom. The van der Waals surface area contributed by atoms with Crippen LogP contribution in [-0.2, 0) is 4.79 Å². The van der Waals surface area contributed by atoms with Crippen LogP contribution in [0.3, 0.4) is 0 Å². The van der Waals surface area contributed by atoms with E-state index in [0.29, 0.717) is 12.2 Å². The van der Waals surface area contributed by atoms with Crippen LogP contribution in [0.2, 0.25) is 0 Å². The van der Waals surface area contributed by atoms with Crippen molar-refractivity contribution in [2.45, 2.75) is 46.1 Å². The Labute approximate surface area is 149 Å². The van der Waals surface area contributed by atoms with Gasteiger partial charge in [-0.1, -0.05) is 29.8 Å². The lowest BCUT2D eigenvalue weighted by Crippen LogP contribution is -2.36. The van der Waals surface area contributed by atoms with Crippen molar-refractivity contribution in [1.29, 1.82) is 0 Å². The summed E-state index contributed by atoms with van der Waals surface area (Å²) in [6.07, 6.45) is 2.48. The van der Waals surface area contributed by atoms with Crippen molar-refractivity contribution in [3.05, 3.63) is 58.7 Å². The highest BCUT2D eigenvalue weighted by atomic mass is 16.1. The maximum absolute atomic E-state index is 12.8. The fourth-order valence-electron chi connectivity index (χ4n) is 3.91. The first-order chi connectivity index (χ1) is 12.0. The standard InChI is InChI=1S/C22H24N2O/c1-13-7-9-16(10-8-13)22-21-17(5-4-6-20(21)25)23-18-11-14(2)15(3)12-19(18)24-22/h7-12,21-22,24H,4-6H2,1-3H3. The van der Waals surface area contributed by atoms with E-state index in [9.17, 15) is 4.79 Å². The largest absolute Gasteiger partial charge is 0.375 e. The number of Topliss-reactive ketones (excluding diaryl/α,β-unsaturated/α-hetero) is 1. The Balaban J connectivity index is 1.87. The molecule has 2 atom stereocenters. The molecule has 3 heteroatoms. The van der Waals surface area contributed by atoms with Gasteiger partial charge in [-0.15, -0.1) is 0 Å². The lowest BCUT2D eigenvalue weighted by atomic mass is 9.78. The number of anilines is 1. The molecule has 1 aliphatic heterocycles. The van der Waals surface area contributed by atoms with E-state index in [0.717, 1.165) is 35.5 Å². The van der Waals surface area contributed by atoms with E-state index in [2.05, 4.69) is 62.5 Å². The van der Waals surface area contributed by atoms with Crippen LogP contribution < -0.4 is 5.32 Å². The van der Waals surface area contributed by atoms with Crippen LogP contribution in [0.4, 0.5) is 11.4 Å². The van der Waals surface area contributed by atoms with E-state index >= 15 is 0 Å². The molecule has 128 valence electrons. The van der Waals surface area contributed by atoms with E-state index in [4.69, 9.17) is 4.99 Å². The molecule has 2 aromatic rings. The first-order valence-electron chi connectivity index (χ1n) is 9.07. The van der Waals surface area contributed by atoms with Gasteiger partial charge < -0.3 is 5.32 Å². The molecule has 1 fully saturated rings. The summed E-state index contributed by atoms with van der Waals surface area (Å²) in [4.78, 5) is 17.7. The molecule has 0 saturated heterocycles. The molecule has 2 aliphatic rings. The summed E-state index contributed by atoms with van der Waals surface area (Å²) in [6, 6.07) is 12.8. The second-order valence-corrected chi connectivity index (χ2v) is 7.39. The molecule has 2 unspecified atom stereocenters. The van der Waals surface area contributed by atoms with Crippen molar-refractivity contribution in [3.8, 4) is 0 Å². The van der Waals surface area contributed by atoms with Crippen molar-refractivity contribution in [3.63, 3.8) is 0 Å². The summed E-state index contributed by atoms with van der Waals surface area (Å²) in [7, 11) is 0. The SMILES string of the molecule is Cc1ccc(C2Nc3cc(C)c(C)cc3N=C3CCCC(=O)C32)cc1. The zero-order valence-corrected chi connectivity index (χ0v) is 15.1. The molecule has 1 N–H and O–H groups in total. The number of aliphatic imine (C=N–C) groups is 1. The second kappa shape index (κ2) is 6.14. The average molecular weight is 332 g/mol. The van der Waals surface area contributed by atoms with Crippen molar-refractivity contribution >= 4 is 22.9 Å². The minimum absolute atomic E-state index is 0.0458. The summed E-state index contributed by atoms with van der Waals surface area (Å²) < 4.78 is 0. The molecule has 2 aromatic carbocycles. The van der Waals surface area contributed by atoms with Gasteiger partial charge in [0, 0.05) is 12.1 Å². The number of aryl methyl sites for hydroxylation is 3. The molecular weight excluding hydrogens is 308 g/mol. The number of fused-ring (bicyclic) bond motifs is 2. The number of carbonyl (C=O) groups excluding carboxylic acids is 1. The monoisotopic (exact) mass is 332 g/mol. The van der Waals surface area contributed by atoms with Crippen LogP contribution in [0.5, 0.6) is 0 Å². The van der Waals surface area contributed by atoms with Crippen molar-refractivity contribution < 1.29 is 4.79 Å². The molecule has 4 rings (SSSR count). The highest BCUT2D eigenvalue weighted by Crippen LogP contribution is 2.41. The first kappa shape index (κ1) is 16.1. The number of hydrogen-bond donors (Lipinski definition) is 1. The Morgan fingerprint density at radius 2 is 1.72 bits per heavy atom. The lowest BCUT2D eigenvalue weighted by molar-refractivity contribution is -0.122. The third-order valence-corrected chi connectivity index (χ3v) is 5.52. The van der Waals surface area contributed by atoms with Crippen LogP contribution >= 0.6 is 0 Å². The Bertz CT molecular complexity index is 864. The third kappa shape index (κ3) is 2.88. The van der Waals surface area contributed by atoms with Gasteiger partial charge in [0.15, 0.2) is 0 Å². The van der Waals surface area contributed by atoms with Gasteiger partial charge in [0.2, 0.25) is 0 Å². The van der Waals surface area contributed by atoms with Crippen LogP contribution in [-0.4, -0.2) is 11.5 Å². The molecule has 25 heavy (non-hydrogen) atoms. The van der Waals surface area contributed by atoms with E-state index in [1.54, 1.807) is 0 Å². The Morgan fingerprint density at radius 1 is 1.00 bits per heavy atom. The predicted octanol–water partition coefficient (Wildman–Crippen LogP) is 5.22. The quantitative estimate of drug-likeness (QED) is 0.778. The summed E-state index contributed by atoms with van der Waals surface area (Å²) in [5, 5.41) is 3.66. The lowest BCUT2D eigenvalue weighted by Gasteiger charge is -2.30. The van der Waals surface area contributed by atoms with Gasteiger partial charge in [-0.2, -0.15) is 0 Å². The molecule has 1 heterocycles. The zero-order chi connectivity index (χ0) is 17.6. The summed E-state index contributed by atoms with van der Waals surface area (Å²) in [6.45, 7) is 6.32. The molecule has 0 spiro atoms. The maximum Gasteiger partial charge on any atom is 0.144 e. The minimum Gasteiger partial charge on any atom is -0.375 e. The van der Waals surface area contributed by atoms with Crippen LogP contribution in [0.25, 0.3) is 0 Å². The molecule has 0 bridgehead atoms. The molecule has 3 nitrogen and oxygen atoms in total. The molecule has 1 aliphatic carbocycles. The number of ketones is 1. The van der Waals surface area contributed by atoms with Gasteiger partial charge in [-0.05, 0) is 62.4 Å². The molecule has 0 amide bonds. The van der Waals surface area contributed by atoms with Gasteiger partial charge in [0.05, 0.1) is 23.3 Å². The number of nitrogens with zero attached hydrogens (tertiary/aromatic N) is 1. The highest BCUT2D eigenvalue weighted by Gasteiger charge is 2.38. The second-order valence-electron chi connectivity index (χ2n) is 7.39. The van der Waals surface area contributed by atoms with Crippen molar-refractivity contribution in [2.24, 2.45) is 10.9 Å². The van der Waals surface area contributed by atoms with Crippen LogP contribution in [0.1, 0.15) is 47.6 Å². The average Bonchev–Trinajstić information content (AvgIpc) is 2.74. The van der Waals surface area contributed by atoms with Gasteiger partial charge in [-0.25, -0.2) is 0 Å². The van der Waals surface area contributed by atoms with E-state index < -0.39 is 0 Å². The predicted molar refractivity (Wildman–Crippen MR) is 103 cm³/mol. The fourth-order valence-corrected chi connectivity index (χ4v) is 3.91. The van der Waals surface area contributed by atoms with Gasteiger partial charge >= 0.3 is 0 Å². The van der Waals surface area contributed by atoms with Gasteiger partial charge in [-0.3, -0.25) is 9.79 Å². The highest BCUT2D eigenvalue weighted by molar-refractivity contribution is 6.10. The Kier molecular flexibility index (Phi) is 3.95. The van der Waals surface area contributed by atoms with Crippen molar-refractivity contribution in [1.82, 2.24) is 0 Å². The van der Waals surface area contributed by atoms with Crippen LogP contribution in [0.15, 0.2) is 41.4 Å². The first-order valence-corrected chi connectivity index (χ1v) is 9.07. The molecular formula is C22H24N2O. The number of carbonyl (C=O) groups is 1. The van der Waals surface area contributed by atoms with Gasteiger partial charge in [0.25, 0.3) is 0 Å². The smallest absolute Gasteiger partial charge is 0.144 e. The van der Waals surface area contributed by atoms with Gasteiger partial charge in [0.1, 0.15) is 5.78 Å². The number of nitrogens with one attached hydrogen (secondary N) is 1. The number of rotatable bonds is 1. The number of hydrogen-bond acceptors (Lipinski definition) is 3. The topological polar surface area (TPSA) is 41.5 Å². The maximum atomic E-state index is 12.8. The van der Waals surface area contributed by atoms with Crippen LogP contribution in [0, 0.1) is 26.7 Å². The fraction of sp³-hybridized carbons (Fsp3) is 0.364. The third-order valence-electron chi connectivity index (χ3n) is 5.52. The summed E-state index contributed by atoms with van der Waals surface area (Å²) in [5.41, 5.74) is 7.90. The van der Waals surface area contributed by atoms with E-state index in [-0.39, 0.29) is 12.0 Å². The minimum atomic E-state index is -0.163. The van der Waals surface area contributed by atoms with Crippen molar-refractivity contribution in [2.75, 3.05) is 5.32 Å². The van der Waals surface area contributed by atoms with E-state index in [1.807, 2.05) is 0 Å². The van der Waals surface area contributed by atoms with E-state index in [1.165, 1.54) is 16.7 Å². The molecule has 0 radical (unpaired) electrons. The Hall–Kier alpha value is -2.42. The number of benzene rings is 2. The molecule has 1 saturated carbocycles. The molecule has 0 aromatic heterocycles. The zero-order valence-electron chi connectivity index (χ0n) is 15.1.